The second-order valence-corrected chi connectivity index (χ2v) is 7.02. The molecule has 0 aromatic heterocycles. The Morgan fingerprint density at radius 2 is 1.67 bits per heavy atom. The molecule has 0 saturated heterocycles. The summed E-state index contributed by atoms with van der Waals surface area (Å²) in [7, 11) is 0. The van der Waals surface area contributed by atoms with Crippen LogP contribution >= 0.6 is 34.8 Å². The predicted molar refractivity (Wildman–Crippen MR) is 103 cm³/mol. The van der Waals surface area contributed by atoms with E-state index < -0.39 is 12.1 Å². The summed E-state index contributed by atoms with van der Waals surface area (Å²) >= 11 is 17.5. The highest BCUT2D eigenvalue weighted by Crippen LogP contribution is 2.41. The quantitative estimate of drug-likeness (QED) is 0.523. The summed E-state index contributed by atoms with van der Waals surface area (Å²) in [6.45, 7) is 1.76. The molecule has 1 N–H and O–H groups in total. The fourth-order valence-corrected chi connectivity index (χ4v) is 2.96. The maximum Gasteiger partial charge on any atom is 0.399 e. The Labute approximate surface area is 169 Å². The van der Waals surface area contributed by atoms with Crippen LogP contribution in [0.3, 0.4) is 0 Å². The van der Waals surface area contributed by atoms with Crippen LogP contribution in [-0.4, -0.2) is 12.1 Å². The Kier molecular flexibility index (Phi) is 7.20. The first kappa shape index (κ1) is 21.6. The second kappa shape index (κ2) is 9.00. The van der Waals surface area contributed by atoms with Crippen molar-refractivity contribution < 1.29 is 18.0 Å². The Morgan fingerprint density at radius 3 is 2.15 bits per heavy atom. The van der Waals surface area contributed by atoms with E-state index in [-0.39, 0.29) is 26.5 Å². The molecule has 0 aliphatic rings. The van der Waals surface area contributed by atoms with Gasteiger partial charge in [0.1, 0.15) is 0 Å². The van der Waals surface area contributed by atoms with Gasteiger partial charge in [-0.05, 0) is 28.8 Å². The van der Waals surface area contributed by atoms with Crippen LogP contribution in [0.4, 0.5) is 13.2 Å². The summed E-state index contributed by atoms with van der Waals surface area (Å²) < 4.78 is 40.5. The molecule has 1 unspecified atom stereocenters. The number of rotatable bonds is 5. The van der Waals surface area contributed by atoms with Gasteiger partial charge in [-0.15, -0.1) is 0 Å². The highest BCUT2D eigenvalue weighted by molar-refractivity contribution is 6.48. The van der Waals surface area contributed by atoms with Crippen molar-refractivity contribution in [1.29, 1.82) is 0 Å². The number of carbonyl (C=O) groups is 1. The van der Waals surface area contributed by atoms with Crippen LogP contribution in [0.2, 0.25) is 15.1 Å². The van der Waals surface area contributed by atoms with E-state index in [1.807, 2.05) is 0 Å². The highest BCUT2D eigenvalue weighted by atomic mass is 35.5. The van der Waals surface area contributed by atoms with Crippen LogP contribution in [0.5, 0.6) is 0 Å². The van der Waals surface area contributed by atoms with E-state index in [1.54, 1.807) is 24.3 Å². The monoisotopic (exact) mass is 435 g/mol. The van der Waals surface area contributed by atoms with Crippen molar-refractivity contribution in [3.05, 3.63) is 74.2 Å². The zero-order valence-electron chi connectivity index (χ0n) is 14.1. The molecule has 27 heavy (non-hydrogen) atoms. The van der Waals surface area contributed by atoms with Crippen molar-refractivity contribution in [2.24, 2.45) is 0 Å². The molecule has 144 valence electrons. The highest BCUT2D eigenvalue weighted by Gasteiger charge is 2.39. The lowest BCUT2D eigenvalue weighted by Gasteiger charge is -2.18. The van der Waals surface area contributed by atoms with Crippen LogP contribution in [0, 0.1) is 0 Å². The molecule has 0 radical (unpaired) electrons. The van der Waals surface area contributed by atoms with Gasteiger partial charge in [-0.2, -0.15) is 13.2 Å². The van der Waals surface area contributed by atoms with Gasteiger partial charge in [0, 0.05) is 13.5 Å². The normalized spacial score (nSPS) is 13.0. The van der Waals surface area contributed by atoms with Gasteiger partial charge in [-0.25, -0.2) is 0 Å². The van der Waals surface area contributed by atoms with Crippen LogP contribution in [-0.2, 0) is 11.3 Å². The van der Waals surface area contributed by atoms with E-state index in [9.17, 15) is 18.0 Å². The second-order valence-electron chi connectivity index (χ2n) is 5.83. The van der Waals surface area contributed by atoms with Crippen molar-refractivity contribution in [2.45, 2.75) is 25.6 Å². The first-order valence-corrected chi connectivity index (χ1v) is 8.94. The summed E-state index contributed by atoms with van der Waals surface area (Å²) in [6, 6.07) is 9.12. The first-order valence-electron chi connectivity index (χ1n) is 7.80. The number of alkyl halides is 3. The average Bonchev–Trinajstić information content (AvgIpc) is 2.57. The molecule has 0 fully saturated rings. The molecule has 8 heteroatoms. The molecule has 0 saturated carbocycles. The molecule has 0 bridgehead atoms. The minimum absolute atomic E-state index is 0.0155. The van der Waals surface area contributed by atoms with Crippen molar-refractivity contribution in [3.8, 4) is 0 Å². The third-order valence-electron chi connectivity index (χ3n) is 3.72. The number of hydrogen-bond donors (Lipinski definition) is 1. The molecule has 2 aromatic rings. The fourth-order valence-electron chi connectivity index (χ4n) is 2.34. The molecule has 0 heterocycles. The lowest BCUT2D eigenvalue weighted by atomic mass is 9.97. The zero-order valence-corrected chi connectivity index (χ0v) is 16.3. The average molecular weight is 437 g/mol. The summed E-state index contributed by atoms with van der Waals surface area (Å²) in [5.41, 5.74) is 1.33. The maximum atomic E-state index is 13.5. The van der Waals surface area contributed by atoms with Crippen molar-refractivity contribution >= 4 is 46.8 Å². The summed E-state index contributed by atoms with van der Waals surface area (Å²) in [4.78, 5) is 10.9. The van der Waals surface area contributed by atoms with Gasteiger partial charge in [0.05, 0.1) is 21.0 Å². The van der Waals surface area contributed by atoms with Crippen LogP contribution in [0.25, 0.3) is 6.08 Å². The standard InChI is InChI=1S/C19H15Cl3F3NO/c1-11(27)26-10-13-4-2-12(3-5-13)6-7-15(19(23,24)25)14-8-16(20)18(22)17(21)9-14/h2-9,15H,10H2,1H3,(H,26,27)/b7-6+. The number of halogens is 6. The fraction of sp³-hybridized carbons (Fsp3) is 0.211. The van der Waals surface area contributed by atoms with E-state index in [0.717, 1.165) is 23.8 Å². The number of nitrogens with one attached hydrogen (secondary N) is 1. The number of amides is 1. The Morgan fingerprint density at radius 1 is 1.11 bits per heavy atom. The van der Waals surface area contributed by atoms with Gasteiger partial charge in [0.15, 0.2) is 0 Å². The van der Waals surface area contributed by atoms with E-state index >= 15 is 0 Å². The van der Waals surface area contributed by atoms with Gasteiger partial charge in [-0.3, -0.25) is 4.79 Å². The number of benzene rings is 2. The first-order chi connectivity index (χ1) is 12.6. The van der Waals surface area contributed by atoms with Gasteiger partial charge < -0.3 is 5.32 Å². The topological polar surface area (TPSA) is 29.1 Å². The van der Waals surface area contributed by atoms with Crippen LogP contribution < -0.4 is 5.32 Å². The SMILES string of the molecule is CC(=O)NCc1ccc(/C=C/C(c2cc(Cl)c(Cl)c(Cl)c2)C(F)(F)F)cc1. The third-order valence-corrected chi connectivity index (χ3v) is 4.92. The van der Waals surface area contributed by atoms with E-state index in [4.69, 9.17) is 34.8 Å². The smallest absolute Gasteiger partial charge is 0.352 e. The molecule has 2 rings (SSSR count). The summed E-state index contributed by atoms with van der Waals surface area (Å²) in [6.07, 6.45) is -2.11. The number of carbonyl (C=O) groups excluding carboxylic acids is 1. The van der Waals surface area contributed by atoms with E-state index in [2.05, 4.69) is 5.32 Å². The maximum absolute atomic E-state index is 13.5. The lowest BCUT2D eigenvalue weighted by molar-refractivity contribution is -0.139. The van der Waals surface area contributed by atoms with E-state index in [0.29, 0.717) is 12.1 Å². The van der Waals surface area contributed by atoms with Crippen molar-refractivity contribution in [1.82, 2.24) is 5.32 Å². The van der Waals surface area contributed by atoms with Crippen molar-refractivity contribution in [2.75, 3.05) is 0 Å². The van der Waals surface area contributed by atoms with Gasteiger partial charge in [0.25, 0.3) is 0 Å². The summed E-state index contributed by atoms with van der Waals surface area (Å²) in [5, 5.41) is 2.59. The molecule has 0 aliphatic heterocycles. The molecular formula is C19H15Cl3F3NO. The van der Waals surface area contributed by atoms with E-state index in [1.165, 1.54) is 13.0 Å². The molecule has 2 nitrogen and oxygen atoms in total. The summed E-state index contributed by atoms with van der Waals surface area (Å²) in [5.74, 6) is -2.05. The predicted octanol–water partition coefficient (Wildman–Crippen LogP) is 6.64. The minimum Gasteiger partial charge on any atom is -0.352 e. The number of hydrogen-bond acceptors (Lipinski definition) is 1. The zero-order chi connectivity index (χ0) is 20.2. The third kappa shape index (κ3) is 6.16. The molecular weight excluding hydrogens is 422 g/mol. The van der Waals surface area contributed by atoms with Gasteiger partial charge >= 0.3 is 6.18 Å². The lowest BCUT2D eigenvalue weighted by Crippen LogP contribution is -2.19. The molecule has 0 spiro atoms. The molecule has 2 aromatic carbocycles. The minimum atomic E-state index is -4.53. The molecule has 0 aliphatic carbocycles. The largest absolute Gasteiger partial charge is 0.399 e. The van der Waals surface area contributed by atoms with Crippen molar-refractivity contribution in [3.63, 3.8) is 0 Å². The van der Waals surface area contributed by atoms with Crippen LogP contribution in [0.1, 0.15) is 29.5 Å². The van der Waals surface area contributed by atoms with Gasteiger partial charge in [0.2, 0.25) is 5.91 Å². The molecule has 1 amide bonds. The van der Waals surface area contributed by atoms with Crippen LogP contribution in [0.15, 0.2) is 42.5 Å². The Bertz CT molecular complexity index is 825. The Balaban J connectivity index is 2.25. The molecule has 1 atom stereocenters. The Hall–Kier alpha value is -1.69. The number of allylic oxidation sites excluding steroid dienone is 1. The van der Waals surface area contributed by atoms with Gasteiger partial charge in [-0.1, -0.05) is 71.2 Å².